The summed E-state index contributed by atoms with van der Waals surface area (Å²) in [6.45, 7) is 10.5. The largest absolute Gasteiger partial charge is 0.444 e. The average Bonchev–Trinajstić information content (AvgIpc) is 3.11. The standard InChI is InChI=1S/C26H34N6O2S/c1-16-5-8-20-22(27)24(35-23(20)29-16)30-19-7-6-17-14-21(28-15-18(17)13-19)31-9-11-32(12-10-31)25(33)34-26(2,3)4/h5,8,14-15,19,30H,6-7,9-13,27H2,1-4H3. The van der Waals surface area contributed by atoms with Gasteiger partial charge in [0.25, 0.3) is 0 Å². The van der Waals surface area contributed by atoms with Gasteiger partial charge >= 0.3 is 6.09 Å². The van der Waals surface area contributed by atoms with Gasteiger partial charge in [-0.2, -0.15) is 0 Å². The molecule has 5 rings (SSSR count). The zero-order valence-electron chi connectivity index (χ0n) is 20.9. The normalized spacial score (nSPS) is 18.5. The molecule has 186 valence electrons. The molecule has 35 heavy (non-hydrogen) atoms. The lowest BCUT2D eigenvalue weighted by Crippen LogP contribution is -2.50. The Bertz CT molecular complexity index is 1240. The van der Waals surface area contributed by atoms with Crippen molar-refractivity contribution in [1.29, 1.82) is 0 Å². The zero-order valence-corrected chi connectivity index (χ0v) is 21.7. The van der Waals surface area contributed by atoms with Crippen molar-refractivity contribution in [2.75, 3.05) is 42.1 Å². The Kier molecular flexibility index (Phi) is 6.21. The number of anilines is 3. The number of nitrogens with two attached hydrogens (primary N) is 1. The minimum Gasteiger partial charge on any atom is -0.444 e. The van der Waals surface area contributed by atoms with E-state index in [1.165, 1.54) is 11.1 Å². The maximum Gasteiger partial charge on any atom is 0.410 e. The van der Waals surface area contributed by atoms with Crippen LogP contribution in [-0.2, 0) is 17.6 Å². The summed E-state index contributed by atoms with van der Waals surface area (Å²) in [4.78, 5) is 26.8. The highest BCUT2D eigenvalue weighted by Gasteiger charge is 2.27. The second kappa shape index (κ2) is 9.18. The molecule has 1 fully saturated rings. The number of nitrogens with one attached hydrogen (secondary N) is 1. The first-order valence-electron chi connectivity index (χ1n) is 12.3. The molecule has 3 N–H and O–H groups in total. The summed E-state index contributed by atoms with van der Waals surface area (Å²) in [5.74, 6) is 0.995. The zero-order chi connectivity index (χ0) is 24.7. The number of rotatable bonds is 3. The lowest BCUT2D eigenvalue weighted by atomic mass is 9.89. The van der Waals surface area contributed by atoms with Gasteiger partial charge in [-0.1, -0.05) is 11.3 Å². The van der Waals surface area contributed by atoms with Crippen molar-refractivity contribution in [2.45, 2.75) is 58.6 Å². The van der Waals surface area contributed by atoms with Crippen LogP contribution in [0.25, 0.3) is 10.2 Å². The molecule has 3 aromatic rings. The molecule has 1 amide bonds. The number of carbonyl (C=O) groups excluding carboxylic acids is 1. The molecule has 1 aliphatic heterocycles. The number of ether oxygens (including phenoxy) is 1. The Balaban J connectivity index is 1.21. The summed E-state index contributed by atoms with van der Waals surface area (Å²) >= 11 is 1.63. The van der Waals surface area contributed by atoms with Gasteiger partial charge in [0.1, 0.15) is 21.3 Å². The Labute approximate surface area is 210 Å². The molecule has 0 aromatic carbocycles. The number of thiophene rings is 1. The van der Waals surface area contributed by atoms with Crippen molar-refractivity contribution in [3.63, 3.8) is 0 Å². The summed E-state index contributed by atoms with van der Waals surface area (Å²) in [6, 6.07) is 6.62. The van der Waals surface area contributed by atoms with Crippen LogP contribution in [0.4, 0.5) is 21.3 Å². The van der Waals surface area contributed by atoms with Gasteiger partial charge < -0.3 is 25.6 Å². The van der Waals surface area contributed by atoms with E-state index in [0.717, 1.165) is 64.8 Å². The second-order valence-corrected chi connectivity index (χ2v) is 11.5. The van der Waals surface area contributed by atoms with Gasteiger partial charge in [-0.05, 0) is 76.3 Å². The van der Waals surface area contributed by atoms with E-state index in [-0.39, 0.29) is 6.09 Å². The Morgan fingerprint density at radius 3 is 2.71 bits per heavy atom. The monoisotopic (exact) mass is 494 g/mol. The minimum atomic E-state index is -0.473. The Morgan fingerprint density at radius 2 is 1.97 bits per heavy atom. The van der Waals surface area contributed by atoms with Crippen molar-refractivity contribution >= 4 is 44.2 Å². The van der Waals surface area contributed by atoms with E-state index >= 15 is 0 Å². The number of piperazine rings is 1. The van der Waals surface area contributed by atoms with Gasteiger partial charge in [-0.15, -0.1) is 0 Å². The van der Waals surface area contributed by atoms with Gasteiger partial charge in [-0.3, -0.25) is 0 Å². The second-order valence-electron chi connectivity index (χ2n) is 10.5. The SMILES string of the molecule is Cc1ccc2c(N)c(NC3CCc4cc(N5CCN(C(=O)OC(C)(C)C)CC5)ncc4C3)sc2n1. The lowest BCUT2D eigenvalue weighted by molar-refractivity contribution is 0.0240. The van der Waals surface area contributed by atoms with Crippen molar-refractivity contribution in [3.8, 4) is 0 Å². The molecular weight excluding hydrogens is 460 g/mol. The number of amides is 1. The fraction of sp³-hybridized carbons (Fsp3) is 0.500. The molecule has 1 atom stereocenters. The highest BCUT2D eigenvalue weighted by Crippen LogP contribution is 2.38. The topological polar surface area (TPSA) is 96.6 Å². The van der Waals surface area contributed by atoms with E-state index in [4.69, 9.17) is 15.5 Å². The Hall–Kier alpha value is -3.07. The van der Waals surface area contributed by atoms with Crippen LogP contribution in [0, 0.1) is 6.92 Å². The van der Waals surface area contributed by atoms with E-state index in [9.17, 15) is 4.79 Å². The number of aromatic nitrogens is 2. The van der Waals surface area contributed by atoms with E-state index < -0.39 is 5.60 Å². The molecule has 0 saturated carbocycles. The fourth-order valence-electron chi connectivity index (χ4n) is 4.75. The average molecular weight is 495 g/mol. The number of fused-ring (bicyclic) bond motifs is 2. The number of nitrogens with zero attached hydrogens (tertiary/aromatic N) is 4. The maximum atomic E-state index is 12.3. The van der Waals surface area contributed by atoms with E-state index in [2.05, 4.69) is 27.3 Å². The van der Waals surface area contributed by atoms with Crippen LogP contribution in [0.5, 0.6) is 0 Å². The number of aryl methyl sites for hydroxylation is 2. The molecule has 1 unspecified atom stereocenters. The third-order valence-electron chi connectivity index (χ3n) is 6.62. The molecule has 8 nitrogen and oxygen atoms in total. The minimum absolute atomic E-state index is 0.237. The van der Waals surface area contributed by atoms with Crippen LogP contribution >= 0.6 is 11.3 Å². The third-order valence-corrected chi connectivity index (χ3v) is 7.67. The van der Waals surface area contributed by atoms with Crippen molar-refractivity contribution in [1.82, 2.24) is 14.9 Å². The van der Waals surface area contributed by atoms with Crippen LogP contribution in [0.15, 0.2) is 24.4 Å². The van der Waals surface area contributed by atoms with Crippen LogP contribution < -0.4 is 16.0 Å². The number of pyridine rings is 2. The molecule has 0 bridgehead atoms. The molecular formula is C26H34N6O2S. The van der Waals surface area contributed by atoms with Crippen LogP contribution in [0.3, 0.4) is 0 Å². The van der Waals surface area contributed by atoms with Crippen molar-refractivity contribution < 1.29 is 9.53 Å². The first kappa shape index (κ1) is 23.7. The van der Waals surface area contributed by atoms with Crippen molar-refractivity contribution in [2.24, 2.45) is 0 Å². The van der Waals surface area contributed by atoms with Crippen LogP contribution in [-0.4, -0.2) is 58.8 Å². The summed E-state index contributed by atoms with van der Waals surface area (Å²) < 4.78 is 5.51. The predicted octanol–water partition coefficient (Wildman–Crippen LogP) is 4.61. The number of carbonyl (C=O) groups is 1. The lowest BCUT2D eigenvalue weighted by Gasteiger charge is -2.36. The molecule has 9 heteroatoms. The summed E-state index contributed by atoms with van der Waals surface area (Å²) in [5.41, 5.74) is 10.4. The van der Waals surface area contributed by atoms with E-state index in [1.54, 1.807) is 16.2 Å². The van der Waals surface area contributed by atoms with Crippen LogP contribution in [0.2, 0.25) is 0 Å². The first-order chi connectivity index (χ1) is 16.7. The van der Waals surface area contributed by atoms with Gasteiger partial charge in [0, 0.05) is 49.5 Å². The van der Waals surface area contributed by atoms with Gasteiger partial charge in [0.15, 0.2) is 0 Å². The number of hydrogen-bond donors (Lipinski definition) is 2. The number of nitrogen functional groups attached to an aromatic ring is 1. The molecule has 0 spiro atoms. The van der Waals surface area contributed by atoms with Gasteiger partial charge in [0.2, 0.25) is 0 Å². The summed E-state index contributed by atoms with van der Waals surface area (Å²) in [6.07, 6.45) is 4.76. The molecule has 3 aromatic heterocycles. The quantitative estimate of drug-likeness (QED) is 0.549. The highest BCUT2D eigenvalue weighted by atomic mass is 32.1. The maximum absolute atomic E-state index is 12.3. The van der Waals surface area contributed by atoms with Gasteiger partial charge in [-0.25, -0.2) is 14.8 Å². The molecule has 0 radical (unpaired) electrons. The first-order valence-corrected chi connectivity index (χ1v) is 13.1. The van der Waals surface area contributed by atoms with Crippen LogP contribution in [0.1, 0.15) is 44.0 Å². The van der Waals surface area contributed by atoms with E-state index in [0.29, 0.717) is 19.1 Å². The fourth-order valence-corrected chi connectivity index (χ4v) is 5.87. The number of hydrogen-bond acceptors (Lipinski definition) is 8. The third kappa shape index (κ3) is 5.15. The molecule has 1 saturated heterocycles. The van der Waals surface area contributed by atoms with Crippen molar-refractivity contribution in [3.05, 3.63) is 41.2 Å². The Morgan fingerprint density at radius 1 is 1.20 bits per heavy atom. The molecule has 4 heterocycles. The van der Waals surface area contributed by atoms with Gasteiger partial charge in [0.05, 0.1) is 5.69 Å². The van der Waals surface area contributed by atoms with E-state index in [1.807, 2.05) is 40.0 Å². The molecule has 1 aliphatic carbocycles. The summed E-state index contributed by atoms with van der Waals surface area (Å²) in [5, 5.41) is 5.71. The summed E-state index contributed by atoms with van der Waals surface area (Å²) in [7, 11) is 0. The predicted molar refractivity (Wildman–Crippen MR) is 142 cm³/mol. The molecule has 2 aliphatic rings. The highest BCUT2D eigenvalue weighted by molar-refractivity contribution is 7.23. The smallest absolute Gasteiger partial charge is 0.410 e.